The van der Waals surface area contributed by atoms with Gasteiger partial charge in [-0.05, 0) is 48.5 Å². The molecule has 0 radical (unpaired) electrons. The standard InChI is InChI=1S/C17H14N2O4S/c1-10-7-8-12(16(21)22)13(9-10)18-14-15(20)19(17(23)24-14)11-5-3-2-4-6-11/h2-9,14,18H,1H3,(H,21,22)/t14-/m1/s1. The lowest BCUT2D eigenvalue weighted by Gasteiger charge is -2.16. The minimum Gasteiger partial charge on any atom is -0.478 e. The van der Waals surface area contributed by atoms with E-state index in [9.17, 15) is 19.5 Å². The molecule has 1 atom stereocenters. The number of para-hydroxylation sites is 1. The fourth-order valence-electron chi connectivity index (χ4n) is 2.42. The number of rotatable bonds is 4. The number of carboxylic acids is 1. The van der Waals surface area contributed by atoms with Gasteiger partial charge in [0.05, 0.1) is 16.9 Å². The first-order valence-electron chi connectivity index (χ1n) is 7.17. The number of hydrogen-bond acceptors (Lipinski definition) is 5. The molecule has 1 heterocycles. The molecule has 1 aliphatic rings. The van der Waals surface area contributed by atoms with Crippen molar-refractivity contribution >= 4 is 40.3 Å². The SMILES string of the molecule is Cc1ccc(C(=O)O)c(N[C@@H]2SC(=O)N(c3ccccc3)C2=O)c1. The third-order valence-corrected chi connectivity index (χ3v) is 4.49. The first kappa shape index (κ1) is 16.1. The Bertz CT molecular complexity index is 823. The molecule has 122 valence electrons. The van der Waals surface area contributed by atoms with Crippen LogP contribution in [0.3, 0.4) is 0 Å². The van der Waals surface area contributed by atoms with Gasteiger partial charge in [-0.25, -0.2) is 9.69 Å². The van der Waals surface area contributed by atoms with Crippen molar-refractivity contribution < 1.29 is 19.5 Å². The number of hydrogen-bond donors (Lipinski definition) is 2. The first-order valence-corrected chi connectivity index (χ1v) is 8.05. The summed E-state index contributed by atoms with van der Waals surface area (Å²) in [6.45, 7) is 1.82. The molecule has 24 heavy (non-hydrogen) atoms. The first-order chi connectivity index (χ1) is 11.5. The second kappa shape index (κ2) is 6.37. The van der Waals surface area contributed by atoms with Crippen molar-refractivity contribution in [2.45, 2.75) is 12.3 Å². The van der Waals surface area contributed by atoms with Gasteiger partial charge in [-0.2, -0.15) is 0 Å². The van der Waals surface area contributed by atoms with Crippen LogP contribution < -0.4 is 10.2 Å². The van der Waals surface area contributed by atoms with Crippen molar-refractivity contribution in [2.75, 3.05) is 10.2 Å². The van der Waals surface area contributed by atoms with E-state index in [4.69, 9.17) is 0 Å². The predicted molar refractivity (Wildman–Crippen MR) is 92.5 cm³/mol. The number of carbonyl (C=O) groups excluding carboxylic acids is 2. The Morgan fingerprint density at radius 3 is 2.54 bits per heavy atom. The zero-order valence-electron chi connectivity index (χ0n) is 12.7. The minimum atomic E-state index is -1.10. The Morgan fingerprint density at radius 2 is 1.88 bits per heavy atom. The van der Waals surface area contributed by atoms with E-state index in [-0.39, 0.29) is 5.56 Å². The van der Waals surface area contributed by atoms with Crippen LogP contribution in [0, 0.1) is 6.92 Å². The fraction of sp³-hybridized carbons (Fsp3) is 0.118. The van der Waals surface area contributed by atoms with Gasteiger partial charge in [0.15, 0.2) is 5.37 Å². The summed E-state index contributed by atoms with van der Waals surface area (Å²) in [6.07, 6.45) is 0. The molecule has 0 aromatic heterocycles. The van der Waals surface area contributed by atoms with Gasteiger partial charge < -0.3 is 10.4 Å². The van der Waals surface area contributed by atoms with E-state index in [0.29, 0.717) is 11.4 Å². The lowest BCUT2D eigenvalue weighted by atomic mass is 10.1. The number of imide groups is 1. The third kappa shape index (κ3) is 2.98. The lowest BCUT2D eigenvalue weighted by molar-refractivity contribution is -0.116. The quantitative estimate of drug-likeness (QED) is 0.886. The van der Waals surface area contributed by atoms with Crippen LogP contribution in [0.15, 0.2) is 48.5 Å². The molecule has 2 aromatic carbocycles. The number of nitrogens with one attached hydrogen (secondary N) is 1. The molecule has 3 rings (SSSR count). The number of amides is 2. The third-order valence-electron chi connectivity index (χ3n) is 3.55. The van der Waals surface area contributed by atoms with Crippen molar-refractivity contribution in [1.29, 1.82) is 0 Å². The number of aromatic carboxylic acids is 1. The molecule has 2 amide bonds. The molecule has 7 heteroatoms. The maximum absolute atomic E-state index is 12.6. The molecule has 1 aliphatic heterocycles. The Morgan fingerprint density at radius 1 is 1.17 bits per heavy atom. The largest absolute Gasteiger partial charge is 0.478 e. The molecular formula is C17H14N2O4S. The van der Waals surface area contributed by atoms with E-state index >= 15 is 0 Å². The van der Waals surface area contributed by atoms with Gasteiger partial charge in [0.1, 0.15) is 0 Å². The fourth-order valence-corrected chi connectivity index (χ4v) is 3.31. The number of aryl methyl sites for hydroxylation is 1. The van der Waals surface area contributed by atoms with E-state index in [1.165, 1.54) is 6.07 Å². The molecule has 6 nitrogen and oxygen atoms in total. The zero-order chi connectivity index (χ0) is 17.3. The van der Waals surface area contributed by atoms with Gasteiger partial charge in [0, 0.05) is 0 Å². The zero-order valence-corrected chi connectivity index (χ0v) is 13.5. The lowest BCUT2D eigenvalue weighted by Crippen LogP contribution is -2.34. The van der Waals surface area contributed by atoms with Crippen LogP contribution in [0.2, 0.25) is 0 Å². The number of nitrogens with zero attached hydrogens (tertiary/aromatic N) is 1. The molecule has 2 aromatic rings. The maximum Gasteiger partial charge on any atom is 0.337 e. The van der Waals surface area contributed by atoms with Gasteiger partial charge in [0.2, 0.25) is 0 Å². The topological polar surface area (TPSA) is 86.7 Å². The Hall–Kier alpha value is -2.80. The summed E-state index contributed by atoms with van der Waals surface area (Å²) < 4.78 is 0. The van der Waals surface area contributed by atoms with Gasteiger partial charge in [-0.1, -0.05) is 24.3 Å². The Balaban J connectivity index is 1.88. The molecular weight excluding hydrogens is 328 g/mol. The smallest absolute Gasteiger partial charge is 0.337 e. The van der Waals surface area contributed by atoms with Crippen molar-refractivity contribution in [3.05, 3.63) is 59.7 Å². The summed E-state index contributed by atoms with van der Waals surface area (Å²) in [5.41, 5.74) is 1.71. The summed E-state index contributed by atoms with van der Waals surface area (Å²) in [5, 5.41) is 10.9. The summed E-state index contributed by atoms with van der Waals surface area (Å²) >= 11 is 0.831. The normalized spacial score (nSPS) is 17.2. The molecule has 0 aliphatic carbocycles. The molecule has 2 N–H and O–H groups in total. The van der Waals surface area contributed by atoms with Crippen molar-refractivity contribution in [1.82, 2.24) is 0 Å². The molecule has 0 spiro atoms. The minimum absolute atomic E-state index is 0.0552. The number of benzene rings is 2. The van der Waals surface area contributed by atoms with Crippen molar-refractivity contribution in [2.24, 2.45) is 0 Å². The second-order valence-electron chi connectivity index (χ2n) is 5.27. The van der Waals surface area contributed by atoms with E-state index < -0.39 is 22.5 Å². The van der Waals surface area contributed by atoms with E-state index in [1.54, 1.807) is 42.5 Å². The summed E-state index contributed by atoms with van der Waals surface area (Å²) in [7, 11) is 0. The highest BCUT2D eigenvalue weighted by molar-refractivity contribution is 8.16. The average molecular weight is 342 g/mol. The van der Waals surface area contributed by atoms with Crippen LogP contribution >= 0.6 is 11.8 Å². The molecule has 0 unspecified atom stereocenters. The van der Waals surface area contributed by atoms with Gasteiger partial charge in [0.25, 0.3) is 11.1 Å². The van der Waals surface area contributed by atoms with Crippen LogP contribution in [-0.4, -0.2) is 27.6 Å². The highest BCUT2D eigenvalue weighted by Crippen LogP contribution is 2.33. The highest BCUT2D eigenvalue weighted by atomic mass is 32.2. The van der Waals surface area contributed by atoms with Crippen LogP contribution in [0.25, 0.3) is 0 Å². The van der Waals surface area contributed by atoms with Crippen molar-refractivity contribution in [3.63, 3.8) is 0 Å². The number of carbonyl (C=O) groups is 3. The number of carboxylic acid groups (broad SMARTS) is 1. The van der Waals surface area contributed by atoms with Gasteiger partial charge in [-0.3, -0.25) is 9.59 Å². The highest BCUT2D eigenvalue weighted by Gasteiger charge is 2.41. The van der Waals surface area contributed by atoms with E-state index in [2.05, 4.69) is 5.32 Å². The van der Waals surface area contributed by atoms with Crippen molar-refractivity contribution in [3.8, 4) is 0 Å². The summed E-state index contributed by atoms with van der Waals surface area (Å²) in [6, 6.07) is 13.4. The molecule has 0 bridgehead atoms. The number of thioether (sulfide) groups is 1. The van der Waals surface area contributed by atoms with Gasteiger partial charge in [-0.15, -0.1) is 0 Å². The Kier molecular flexibility index (Phi) is 4.26. The summed E-state index contributed by atoms with van der Waals surface area (Å²) in [4.78, 5) is 37.2. The number of anilines is 2. The van der Waals surface area contributed by atoms with Gasteiger partial charge >= 0.3 is 5.97 Å². The van der Waals surface area contributed by atoms with Crippen LogP contribution in [0.1, 0.15) is 15.9 Å². The van der Waals surface area contributed by atoms with E-state index in [1.807, 2.05) is 6.92 Å². The monoisotopic (exact) mass is 342 g/mol. The molecule has 1 saturated heterocycles. The van der Waals surface area contributed by atoms with Crippen LogP contribution in [-0.2, 0) is 4.79 Å². The summed E-state index contributed by atoms with van der Waals surface area (Å²) in [5.74, 6) is -1.52. The second-order valence-corrected chi connectivity index (χ2v) is 6.33. The van der Waals surface area contributed by atoms with Crippen LogP contribution in [0.5, 0.6) is 0 Å². The molecule has 1 fully saturated rings. The predicted octanol–water partition coefficient (Wildman–Crippen LogP) is 3.33. The van der Waals surface area contributed by atoms with E-state index in [0.717, 1.165) is 22.2 Å². The molecule has 0 saturated carbocycles. The average Bonchev–Trinajstić information content (AvgIpc) is 2.82. The Labute approximate surface area is 142 Å². The van der Waals surface area contributed by atoms with Crippen LogP contribution in [0.4, 0.5) is 16.2 Å². The maximum atomic E-state index is 12.6.